The Morgan fingerprint density at radius 3 is 2.43 bits per heavy atom. The summed E-state index contributed by atoms with van der Waals surface area (Å²) in [6.07, 6.45) is 1.30. The SMILES string of the molecule is COc1ccc(N(CCC(=O)N2CCC(c3ccc(Br)cc3F)CC2)S(=O)(=O)c2cccc(Cl)c2)cc1. The number of sulfonamides is 1. The zero-order valence-electron chi connectivity index (χ0n) is 20.2. The maximum atomic E-state index is 14.4. The predicted molar refractivity (Wildman–Crippen MR) is 146 cm³/mol. The highest BCUT2D eigenvalue weighted by molar-refractivity contribution is 9.10. The monoisotopic (exact) mass is 608 g/mol. The van der Waals surface area contributed by atoms with Gasteiger partial charge in [0.1, 0.15) is 11.6 Å². The topological polar surface area (TPSA) is 66.9 Å². The van der Waals surface area contributed by atoms with Crippen molar-refractivity contribution in [2.24, 2.45) is 0 Å². The van der Waals surface area contributed by atoms with Gasteiger partial charge in [-0.25, -0.2) is 12.8 Å². The second-order valence-electron chi connectivity index (χ2n) is 8.80. The Hall–Kier alpha value is -2.62. The zero-order chi connectivity index (χ0) is 26.6. The Kier molecular flexibility index (Phi) is 8.77. The van der Waals surface area contributed by atoms with Crippen molar-refractivity contribution >= 4 is 49.1 Å². The molecule has 10 heteroatoms. The molecule has 1 saturated heterocycles. The Labute approximate surface area is 230 Å². The van der Waals surface area contributed by atoms with Crippen LogP contribution >= 0.6 is 27.5 Å². The third kappa shape index (κ3) is 6.45. The Balaban J connectivity index is 1.47. The number of piperidine rings is 1. The van der Waals surface area contributed by atoms with Crippen LogP contribution in [0.1, 0.15) is 30.7 Å². The van der Waals surface area contributed by atoms with Crippen LogP contribution in [0.15, 0.2) is 76.1 Å². The van der Waals surface area contributed by atoms with Gasteiger partial charge in [0.15, 0.2) is 0 Å². The lowest BCUT2D eigenvalue weighted by Gasteiger charge is -2.33. The highest BCUT2D eigenvalue weighted by atomic mass is 79.9. The van der Waals surface area contributed by atoms with Crippen molar-refractivity contribution in [1.29, 1.82) is 0 Å². The molecule has 3 aromatic rings. The third-order valence-corrected chi connectivity index (χ3v) is 9.07. The highest BCUT2D eigenvalue weighted by Crippen LogP contribution is 2.32. The molecule has 0 N–H and O–H groups in total. The van der Waals surface area contributed by atoms with Gasteiger partial charge in [-0.3, -0.25) is 9.10 Å². The van der Waals surface area contributed by atoms with Gasteiger partial charge in [0.25, 0.3) is 10.0 Å². The van der Waals surface area contributed by atoms with Crippen LogP contribution in [-0.4, -0.2) is 46.0 Å². The number of nitrogens with zero attached hydrogens (tertiary/aromatic N) is 2. The summed E-state index contributed by atoms with van der Waals surface area (Å²) in [5.41, 5.74) is 1.08. The summed E-state index contributed by atoms with van der Waals surface area (Å²) in [5.74, 6) is 0.233. The molecule has 37 heavy (non-hydrogen) atoms. The molecule has 1 amide bonds. The van der Waals surface area contributed by atoms with E-state index in [1.807, 2.05) is 6.07 Å². The summed E-state index contributed by atoms with van der Waals surface area (Å²) >= 11 is 9.34. The summed E-state index contributed by atoms with van der Waals surface area (Å²) in [5, 5.41) is 0.303. The van der Waals surface area contributed by atoms with Gasteiger partial charge in [0.2, 0.25) is 5.91 Å². The number of carbonyl (C=O) groups is 1. The number of carbonyl (C=O) groups excluding carboxylic acids is 1. The maximum Gasteiger partial charge on any atom is 0.264 e. The quantitative estimate of drug-likeness (QED) is 0.303. The molecule has 0 spiro atoms. The molecule has 0 saturated carbocycles. The van der Waals surface area contributed by atoms with E-state index in [9.17, 15) is 17.6 Å². The number of likely N-dealkylation sites (tertiary alicyclic amines) is 1. The van der Waals surface area contributed by atoms with E-state index >= 15 is 0 Å². The normalized spacial score (nSPS) is 14.4. The summed E-state index contributed by atoms with van der Waals surface area (Å²) in [6.45, 7) is 0.937. The van der Waals surface area contributed by atoms with Crippen LogP contribution in [0.2, 0.25) is 5.02 Å². The summed E-state index contributed by atoms with van der Waals surface area (Å²) in [6, 6.07) is 17.7. The first-order chi connectivity index (χ1) is 17.7. The Morgan fingerprint density at radius 1 is 1.11 bits per heavy atom. The van der Waals surface area contributed by atoms with Gasteiger partial charge in [0.05, 0.1) is 17.7 Å². The van der Waals surface area contributed by atoms with E-state index in [4.69, 9.17) is 16.3 Å². The minimum absolute atomic E-state index is 0.00311. The molecule has 1 aliphatic heterocycles. The van der Waals surface area contributed by atoms with Crippen LogP contribution in [0.4, 0.5) is 10.1 Å². The molecule has 0 atom stereocenters. The first kappa shape index (κ1) is 27.4. The lowest BCUT2D eigenvalue weighted by molar-refractivity contribution is -0.132. The van der Waals surface area contributed by atoms with E-state index in [1.54, 1.807) is 47.4 Å². The van der Waals surface area contributed by atoms with Gasteiger partial charge in [-0.2, -0.15) is 0 Å². The van der Waals surface area contributed by atoms with Gasteiger partial charge < -0.3 is 9.64 Å². The first-order valence-electron chi connectivity index (χ1n) is 11.8. The Bertz CT molecular complexity index is 1360. The average Bonchev–Trinajstić information content (AvgIpc) is 2.89. The minimum atomic E-state index is -3.98. The number of methoxy groups -OCH3 is 1. The molecule has 0 aliphatic carbocycles. The molecule has 0 unspecified atom stereocenters. The van der Waals surface area contributed by atoms with Gasteiger partial charge in [-0.05, 0) is 78.9 Å². The molecule has 1 fully saturated rings. The molecule has 0 bridgehead atoms. The van der Waals surface area contributed by atoms with Crippen molar-refractivity contribution in [3.05, 3.63) is 87.6 Å². The van der Waals surface area contributed by atoms with Crippen LogP contribution in [-0.2, 0) is 14.8 Å². The number of benzene rings is 3. The second kappa shape index (κ2) is 11.8. The number of hydrogen-bond donors (Lipinski definition) is 0. The molecule has 1 heterocycles. The van der Waals surface area contributed by atoms with Crippen molar-refractivity contribution in [1.82, 2.24) is 4.90 Å². The van der Waals surface area contributed by atoms with Crippen LogP contribution < -0.4 is 9.04 Å². The highest BCUT2D eigenvalue weighted by Gasteiger charge is 2.29. The Morgan fingerprint density at radius 2 is 1.81 bits per heavy atom. The van der Waals surface area contributed by atoms with E-state index in [0.29, 0.717) is 52.4 Å². The van der Waals surface area contributed by atoms with Crippen molar-refractivity contribution in [3.63, 3.8) is 0 Å². The number of hydrogen-bond acceptors (Lipinski definition) is 4. The fourth-order valence-corrected chi connectivity index (χ4v) is 6.62. The molecule has 1 aliphatic rings. The van der Waals surface area contributed by atoms with Crippen LogP contribution in [0.25, 0.3) is 0 Å². The molecule has 3 aromatic carbocycles. The smallest absolute Gasteiger partial charge is 0.264 e. The van der Waals surface area contributed by atoms with E-state index in [1.165, 1.54) is 29.6 Å². The number of rotatable bonds is 8. The molecular formula is C27H27BrClFN2O4S. The number of halogens is 3. The molecule has 0 aromatic heterocycles. The standard InChI is InChI=1S/C27H27BrClFN2O4S/c1-36-23-8-6-22(7-9-23)32(37(34,35)24-4-2-3-21(29)18-24)16-13-27(33)31-14-11-19(12-15-31)25-10-5-20(28)17-26(25)30/h2-10,17-19H,11-16H2,1H3. The molecule has 4 rings (SSSR count). The molecular weight excluding hydrogens is 583 g/mol. The van der Waals surface area contributed by atoms with Gasteiger partial charge in [0, 0.05) is 35.6 Å². The second-order valence-corrected chi connectivity index (χ2v) is 12.0. The van der Waals surface area contributed by atoms with Crippen LogP contribution in [0, 0.1) is 5.82 Å². The van der Waals surface area contributed by atoms with E-state index < -0.39 is 10.0 Å². The van der Waals surface area contributed by atoms with Crippen molar-refractivity contribution < 1.29 is 22.3 Å². The minimum Gasteiger partial charge on any atom is -0.497 e. The number of ether oxygens (including phenoxy) is 1. The number of amides is 1. The summed E-state index contributed by atoms with van der Waals surface area (Å²) in [7, 11) is -2.45. The third-order valence-electron chi connectivity index (χ3n) is 6.52. The maximum absolute atomic E-state index is 14.4. The van der Waals surface area contributed by atoms with Crippen LogP contribution in [0.5, 0.6) is 5.75 Å². The van der Waals surface area contributed by atoms with E-state index in [0.717, 1.165) is 0 Å². The zero-order valence-corrected chi connectivity index (χ0v) is 23.4. The largest absolute Gasteiger partial charge is 0.497 e. The van der Waals surface area contributed by atoms with Gasteiger partial charge in [-0.15, -0.1) is 0 Å². The summed E-state index contributed by atoms with van der Waals surface area (Å²) < 4.78 is 48.6. The van der Waals surface area contributed by atoms with E-state index in [-0.39, 0.29) is 35.5 Å². The van der Waals surface area contributed by atoms with Crippen molar-refractivity contribution in [2.75, 3.05) is 31.0 Å². The fourth-order valence-electron chi connectivity index (χ4n) is 4.52. The average molecular weight is 610 g/mol. The van der Waals surface area contributed by atoms with E-state index in [2.05, 4.69) is 15.9 Å². The van der Waals surface area contributed by atoms with Gasteiger partial charge >= 0.3 is 0 Å². The van der Waals surface area contributed by atoms with Crippen molar-refractivity contribution in [2.45, 2.75) is 30.1 Å². The number of anilines is 1. The predicted octanol–water partition coefficient (Wildman–Crippen LogP) is 6.24. The summed E-state index contributed by atoms with van der Waals surface area (Å²) in [4.78, 5) is 14.9. The first-order valence-corrected chi connectivity index (χ1v) is 14.4. The van der Waals surface area contributed by atoms with Crippen LogP contribution in [0.3, 0.4) is 0 Å². The fraction of sp³-hybridized carbons (Fsp3) is 0.296. The molecule has 6 nitrogen and oxygen atoms in total. The van der Waals surface area contributed by atoms with Crippen molar-refractivity contribution in [3.8, 4) is 5.75 Å². The molecule has 196 valence electrons. The molecule has 0 radical (unpaired) electrons. The lowest BCUT2D eigenvalue weighted by Crippen LogP contribution is -2.40. The van der Waals surface area contributed by atoms with Gasteiger partial charge in [-0.1, -0.05) is 39.7 Å². The lowest BCUT2D eigenvalue weighted by atomic mass is 9.89.